The molecule has 1 amide bonds. The van der Waals surface area contributed by atoms with Gasteiger partial charge in [0.1, 0.15) is 5.75 Å². The predicted molar refractivity (Wildman–Crippen MR) is 134 cm³/mol. The van der Waals surface area contributed by atoms with E-state index >= 15 is 0 Å². The van der Waals surface area contributed by atoms with Crippen molar-refractivity contribution in [3.63, 3.8) is 0 Å². The molecule has 1 heterocycles. The van der Waals surface area contributed by atoms with E-state index < -0.39 is 0 Å². The maximum Gasteiger partial charge on any atom is 0.251 e. The molecule has 0 radical (unpaired) electrons. The highest BCUT2D eigenvalue weighted by Gasteiger charge is 2.18. The average Bonchev–Trinajstić information content (AvgIpc) is 3.21. The van der Waals surface area contributed by atoms with Crippen LogP contribution in [-0.2, 0) is 6.54 Å². The van der Waals surface area contributed by atoms with E-state index in [1.54, 1.807) is 7.11 Å². The first kappa shape index (κ1) is 22.7. The van der Waals surface area contributed by atoms with Crippen molar-refractivity contribution < 1.29 is 9.53 Å². The lowest BCUT2D eigenvalue weighted by Gasteiger charge is -2.22. The number of nitrogens with zero attached hydrogens (tertiary/aromatic N) is 1. The standard InChI is InChI=1S/C28H31N3O2/c1-18(2)29-17-27(22-8-6-10-25(14-22)33-4)31-28(32)23-9-5-7-20(13-23)21-11-12-24-16-30-19(3)26(24)15-21/h5-15,18,27,29H,16-17H2,1-4H3,(H,31,32). The third-order valence-corrected chi connectivity index (χ3v) is 5.98. The van der Waals surface area contributed by atoms with Crippen molar-refractivity contribution in [1.82, 2.24) is 10.6 Å². The van der Waals surface area contributed by atoms with E-state index in [0.717, 1.165) is 34.7 Å². The second kappa shape index (κ2) is 10.0. The molecule has 0 bridgehead atoms. The van der Waals surface area contributed by atoms with Crippen LogP contribution in [-0.4, -0.2) is 31.3 Å². The summed E-state index contributed by atoms with van der Waals surface area (Å²) in [5, 5.41) is 6.64. The van der Waals surface area contributed by atoms with Gasteiger partial charge in [0.2, 0.25) is 0 Å². The number of methoxy groups -OCH3 is 1. The summed E-state index contributed by atoms with van der Waals surface area (Å²) in [6.07, 6.45) is 0. The van der Waals surface area contributed by atoms with Crippen LogP contribution in [0.25, 0.3) is 11.1 Å². The van der Waals surface area contributed by atoms with E-state index in [1.807, 2.05) is 55.5 Å². The van der Waals surface area contributed by atoms with Gasteiger partial charge in [-0.2, -0.15) is 0 Å². The Labute approximate surface area is 195 Å². The van der Waals surface area contributed by atoms with Crippen LogP contribution in [0.3, 0.4) is 0 Å². The van der Waals surface area contributed by atoms with Crippen LogP contribution in [0.15, 0.2) is 71.7 Å². The fourth-order valence-corrected chi connectivity index (χ4v) is 4.07. The molecule has 0 aromatic heterocycles. The lowest BCUT2D eigenvalue weighted by atomic mass is 9.97. The lowest BCUT2D eigenvalue weighted by molar-refractivity contribution is 0.0935. The second-order valence-electron chi connectivity index (χ2n) is 8.72. The Hall–Kier alpha value is -3.44. The fourth-order valence-electron chi connectivity index (χ4n) is 4.07. The van der Waals surface area contributed by atoms with Crippen LogP contribution in [0.1, 0.15) is 53.9 Å². The van der Waals surface area contributed by atoms with Crippen LogP contribution in [0.4, 0.5) is 0 Å². The first-order valence-corrected chi connectivity index (χ1v) is 11.4. The number of carbonyl (C=O) groups excluding carboxylic acids is 1. The number of amides is 1. The highest BCUT2D eigenvalue weighted by atomic mass is 16.5. The average molecular weight is 442 g/mol. The molecule has 5 nitrogen and oxygen atoms in total. The molecule has 0 saturated carbocycles. The number of fused-ring (bicyclic) bond motifs is 1. The van der Waals surface area contributed by atoms with Crippen molar-refractivity contribution in [3.05, 3.63) is 89.0 Å². The second-order valence-corrected chi connectivity index (χ2v) is 8.72. The van der Waals surface area contributed by atoms with Gasteiger partial charge in [-0.3, -0.25) is 9.79 Å². The summed E-state index contributed by atoms with van der Waals surface area (Å²) in [5.41, 5.74) is 7.26. The van der Waals surface area contributed by atoms with Gasteiger partial charge in [0.25, 0.3) is 5.91 Å². The SMILES string of the molecule is COc1cccc(C(CNC(C)C)NC(=O)c2cccc(-c3ccc4c(c3)C(C)=NC4)c2)c1. The van der Waals surface area contributed by atoms with Gasteiger partial charge in [0.15, 0.2) is 0 Å². The van der Waals surface area contributed by atoms with Gasteiger partial charge >= 0.3 is 0 Å². The van der Waals surface area contributed by atoms with Gasteiger partial charge in [-0.1, -0.05) is 50.2 Å². The molecule has 2 N–H and O–H groups in total. The van der Waals surface area contributed by atoms with E-state index in [4.69, 9.17) is 4.74 Å². The topological polar surface area (TPSA) is 62.7 Å². The summed E-state index contributed by atoms with van der Waals surface area (Å²) in [7, 11) is 1.65. The molecular weight excluding hydrogens is 410 g/mol. The Balaban J connectivity index is 1.57. The molecule has 4 rings (SSSR count). The van der Waals surface area contributed by atoms with E-state index in [9.17, 15) is 4.79 Å². The zero-order valence-corrected chi connectivity index (χ0v) is 19.7. The van der Waals surface area contributed by atoms with Crippen LogP contribution in [0, 0.1) is 0 Å². The molecule has 0 fully saturated rings. The molecule has 1 atom stereocenters. The fraction of sp³-hybridized carbons (Fsp3) is 0.286. The first-order valence-electron chi connectivity index (χ1n) is 11.4. The van der Waals surface area contributed by atoms with Crippen molar-refractivity contribution in [2.45, 2.75) is 39.4 Å². The summed E-state index contributed by atoms with van der Waals surface area (Å²) in [4.78, 5) is 17.8. The summed E-state index contributed by atoms with van der Waals surface area (Å²) in [5.74, 6) is 0.669. The van der Waals surface area contributed by atoms with Crippen LogP contribution in [0.5, 0.6) is 5.75 Å². The number of carbonyl (C=O) groups is 1. The highest BCUT2D eigenvalue weighted by molar-refractivity contribution is 6.03. The van der Waals surface area contributed by atoms with Crippen molar-refractivity contribution >= 4 is 11.6 Å². The number of hydrogen-bond donors (Lipinski definition) is 2. The molecule has 33 heavy (non-hydrogen) atoms. The summed E-state index contributed by atoms with van der Waals surface area (Å²) in [6.45, 7) is 7.61. The van der Waals surface area contributed by atoms with Gasteiger partial charge in [-0.05, 0) is 59.5 Å². The minimum atomic E-state index is -0.183. The molecular formula is C28H31N3O2. The molecule has 0 saturated heterocycles. The number of aliphatic imine (C=N–C) groups is 1. The largest absolute Gasteiger partial charge is 0.497 e. The summed E-state index contributed by atoms with van der Waals surface area (Å²) < 4.78 is 5.38. The third-order valence-electron chi connectivity index (χ3n) is 5.98. The Morgan fingerprint density at radius 1 is 1.03 bits per heavy atom. The van der Waals surface area contributed by atoms with E-state index in [0.29, 0.717) is 18.2 Å². The number of nitrogens with one attached hydrogen (secondary N) is 2. The van der Waals surface area contributed by atoms with Crippen molar-refractivity contribution in [2.24, 2.45) is 4.99 Å². The molecule has 1 unspecified atom stereocenters. The van der Waals surface area contributed by atoms with Gasteiger partial charge in [-0.15, -0.1) is 0 Å². The third kappa shape index (κ3) is 5.32. The number of benzene rings is 3. The van der Waals surface area contributed by atoms with Crippen molar-refractivity contribution in [3.8, 4) is 16.9 Å². The molecule has 0 spiro atoms. The lowest BCUT2D eigenvalue weighted by Crippen LogP contribution is -2.38. The maximum absolute atomic E-state index is 13.3. The van der Waals surface area contributed by atoms with Crippen LogP contribution in [0.2, 0.25) is 0 Å². The Morgan fingerprint density at radius 2 is 1.82 bits per heavy atom. The van der Waals surface area contributed by atoms with Gasteiger partial charge in [0.05, 0.1) is 19.7 Å². The van der Waals surface area contributed by atoms with E-state index in [2.05, 4.69) is 47.7 Å². The molecule has 170 valence electrons. The molecule has 1 aliphatic rings. The van der Waals surface area contributed by atoms with Crippen molar-refractivity contribution in [2.75, 3.05) is 13.7 Å². The van der Waals surface area contributed by atoms with Crippen LogP contribution >= 0.6 is 0 Å². The van der Waals surface area contributed by atoms with Crippen molar-refractivity contribution in [1.29, 1.82) is 0 Å². The van der Waals surface area contributed by atoms with E-state index in [-0.39, 0.29) is 11.9 Å². The number of rotatable bonds is 8. The summed E-state index contributed by atoms with van der Waals surface area (Å²) >= 11 is 0. The van der Waals surface area contributed by atoms with Gasteiger partial charge in [-0.25, -0.2) is 0 Å². The first-order chi connectivity index (χ1) is 15.9. The van der Waals surface area contributed by atoms with Crippen LogP contribution < -0.4 is 15.4 Å². The minimum Gasteiger partial charge on any atom is -0.497 e. The minimum absolute atomic E-state index is 0.103. The predicted octanol–water partition coefficient (Wildman–Crippen LogP) is 5.15. The number of hydrogen-bond acceptors (Lipinski definition) is 4. The monoisotopic (exact) mass is 441 g/mol. The molecule has 3 aromatic rings. The highest BCUT2D eigenvalue weighted by Crippen LogP contribution is 2.27. The zero-order valence-electron chi connectivity index (χ0n) is 19.7. The number of ether oxygens (including phenoxy) is 1. The smallest absolute Gasteiger partial charge is 0.251 e. The Morgan fingerprint density at radius 3 is 2.61 bits per heavy atom. The van der Waals surface area contributed by atoms with Gasteiger partial charge < -0.3 is 15.4 Å². The molecule has 1 aliphatic heterocycles. The van der Waals surface area contributed by atoms with E-state index in [1.165, 1.54) is 11.1 Å². The quantitative estimate of drug-likeness (QED) is 0.508. The molecule has 3 aromatic carbocycles. The zero-order chi connectivity index (χ0) is 23.4. The normalized spacial score (nSPS) is 13.4. The summed E-state index contributed by atoms with van der Waals surface area (Å²) in [6, 6.07) is 22.2. The van der Waals surface area contributed by atoms with Gasteiger partial charge in [0, 0.05) is 29.4 Å². The maximum atomic E-state index is 13.3. The molecule has 0 aliphatic carbocycles. The molecule has 5 heteroatoms. The Kier molecular flexibility index (Phi) is 6.90. The Bertz CT molecular complexity index is 1180.